The van der Waals surface area contributed by atoms with Crippen molar-refractivity contribution in [3.05, 3.63) is 52.3 Å². The number of ether oxygens (including phenoxy) is 1. The SMILES string of the molecule is CC(c1ccc(-c2ccc(=O)n(CC(F)(F)F)n2)cc1)N1CCC(CC(C)(C)O)OC1=O. The highest BCUT2D eigenvalue weighted by atomic mass is 19.4. The lowest BCUT2D eigenvalue weighted by Crippen LogP contribution is -2.45. The zero-order chi connectivity index (χ0) is 23.7. The van der Waals surface area contributed by atoms with E-state index in [2.05, 4.69) is 5.10 Å². The Kier molecular flexibility index (Phi) is 6.64. The maximum absolute atomic E-state index is 12.7. The Morgan fingerprint density at radius 2 is 1.81 bits per heavy atom. The first kappa shape index (κ1) is 23.8. The summed E-state index contributed by atoms with van der Waals surface area (Å²) in [5.74, 6) is 0. The van der Waals surface area contributed by atoms with Crippen LogP contribution in [0.1, 0.15) is 45.2 Å². The van der Waals surface area contributed by atoms with Crippen molar-refractivity contribution in [1.29, 1.82) is 0 Å². The molecule has 2 atom stereocenters. The molecule has 1 aromatic carbocycles. The second-order valence-electron chi connectivity index (χ2n) is 8.63. The van der Waals surface area contributed by atoms with Crippen LogP contribution in [0.4, 0.5) is 18.0 Å². The second-order valence-corrected chi connectivity index (χ2v) is 8.63. The van der Waals surface area contributed by atoms with Crippen molar-refractivity contribution < 1.29 is 27.8 Å². The minimum Gasteiger partial charge on any atom is -0.446 e. The van der Waals surface area contributed by atoms with Crippen molar-refractivity contribution in [3.8, 4) is 11.3 Å². The van der Waals surface area contributed by atoms with Gasteiger partial charge in [0.25, 0.3) is 5.56 Å². The molecule has 1 fully saturated rings. The molecule has 2 aromatic rings. The third-order valence-electron chi connectivity index (χ3n) is 5.27. The largest absolute Gasteiger partial charge is 0.446 e. The van der Waals surface area contributed by atoms with Crippen molar-refractivity contribution in [3.63, 3.8) is 0 Å². The standard InChI is InChI=1S/C22H26F3N3O4/c1-14(27-11-10-17(32-20(27)30)12-21(2,3)31)15-4-6-16(7-5-15)18-8-9-19(29)28(26-18)13-22(23,24)25/h4-9,14,17,31H,10-13H2,1-3H3. The summed E-state index contributed by atoms with van der Waals surface area (Å²) in [6.45, 7) is 4.21. The molecule has 10 heteroatoms. The molecule has 174 valence electrons. The van der Waals surface area contributed by atoms with Gasteiger partial charge in [-0.1, -0.05) is 24.3 Å². The molecule has 1 aliphatic heterocycles. The zero-order valence-corrected chi connectivity index (χ0v) is 18.1. The van der Waals surface area contributed by atoms with Gasteiger partial charge in [-0.2, -0.15) is 18.3 Å². The molecular formula is C22H26F3N3O4. The van der Waals surface area contributed by atoms with Gasteiger partial charge in [-0.3, -0.25) is 4.79 Å². The maximum atomic E-state index is 12.7. The van der Waals surface area contributed by atoms with Crippen molar-refractivity contribution >= 4 is 6.09 Å². The van der Waals surface area contributed by atoms with E-state index in [0.29, 0.717) is 29.6 Å². The maximum Gasteiger partial charge on any atom is 0.410 e. The number of amides is 1. The average molecular weight is 453 g/mol. The zero-order valence-electron chi connectivity index (χ0n) is 18.1. The molecule has 1 amide bonds. The van der Waals surface area contributed by atoms with Crippen LogP contribution >= 0.6 is 0 Å². The lowest BCUT2D eigenvalue weighted by Gasteiger charge is -2.37. The molecular weight excluding hydrogens is 427 g/mol. The molecule has 1 aromatic heterocycles. The van der Waals surface area contributed by atoms with Crippen LogP contribution in [0.5, 0.6) is 0 Å². The molecule has 0 bridgehead atoms. The summed E-state index contributed by atoms with van der Waals surface area (Å²) in [6, 6.07) is 9.03. The van der Waals surface area contributed by atoms with Crippen molar-refractivity contribution in [2.75, 3.05) is 6.54 Å². The summed E-state index contributed by atoms with van der Waals surface area (Å²) in [7, 11) is 0. The van der Waals surface area contributed by atoms with Gasteiger partial charge in [-0.05, 0) is 32.4 Å². The number of carbonyl (C=O) groups excluding carboxylic acids is 1. The van der Waals surface area contributed by atoms with Gasteiger partial charge in [-0.15, -0.1) is 0 Å². The minimum atomic E-state index is -4.55. The molecule has 0 spiro atoms. The fourth-order valence-corrected chi connectivity index (χ4v) is 3.69. The highest BCUT2D eigenvalue weighted by Crippen LogP contribution is 2.29. The van der Waals surface area contributed by atoms with E-state index < -0.39 is 30.0 Å². The number of aromatic nitrogens is 2. The molecule has 3 rings (SSSR count). The number of aliphatic hydroxyl groups is 1. The molecule has 0 saturated carbocycles. The predicted molar refractivity (Wildman–Crippen MR) is 111 cm³/mol. The van der Waals surface area contributed by atoms with Gasteiger partial charge in [0.1, 0.15) is 12.6 Å². The number of nitrogens with zero attached hydrogens (tertiary/aromatic N) is 3. The molecule has 0 radical (unpaired) electrons. The molecule has 7 nitrogen and oxygen atoms in total. The second kappa shape index (κ2) is 8.93. The van der Waals surface area contributed by atoms with Gasteiger partial charge in [-0.25, -0.2) is 9.48 Å². The van der Waals surface area contributed by atoms with Gasteiger partial charge in [0.2, 0.25) is 0 Å². The average Bonchev–Trinajstić information content (AvgIpc) is 2.67. The van der Waals surface area contributed by atoms with E-state index in [0.717, 1.165) is 11.6 Å². The van der Waals surface area contributed by atoms with Gasteiger partial charge in [0.05, 0.1) is 17.3 Å². The highest BCUT2D eigenvalue weighted by molar-refractivity contribution is 5.69. The Balaban J connectivity index is 1.72. The van der Waals surface area contributed by atoms with E-state index >= 15 is 0 Å². The Morgan fingerprint density at radius 1 is 1.16 bits per heavy atom. The van der Waals surface area contributed by atoms with Crippen LogP contribution in [-0.2, 0) is 11.3 Å². The lowest BCUT2D eigenvalue weighted by atomic mass is 9.97. The quantitative estimate of drug-likeness (QED) is 0.717. The van der Waals surface area contributed by atoms with Gasteiger partial charge in [0, 0.05) is 31.0 Å². The number of hydrogen-bond donors (Lipinski definition) is 1. The third kappa shape index (κ3) is 6.09. The van der Waals surface area contributed by atoms with Crippen LogP contribution in [0, 0.1) is 0 Å². The summed E-state index contributed by atoms with van der Waals surface area (Å²) >= 11 is 0. The van der Waals surface area contributed by atoms with Crippen molar-refractivity contribution in [2.24, 2.45) is 0 Å². The highest BCUT2D eigenvalue weighted by Gasteiger charge is 2.33. The van der Waals surface area contributed by atoms with Crippen LogP contribution in [0.15, 0.2) is 41.2 Å². The number of benzene rings is 1. The van der Waals surface area contributed by atoms with Crippen LogP contribution in [0.25, 0.3) is 11.3 Å². The Hall–Kier alpha value is -2.88. The third-order valence-corrected chi connectivity index (χ3v) is 5.27. The van der Waals surface area contributed by atoms with E-state index in [-0.39, 0.29) is 17.8 Å². The lowest BCUT2D eigenvalue weighted by molar-refractivity contribution is -0.143. The first-order valence-electron chi connectivity index (χ1n) is 10.3. The summed E-state index contributed by atoms with van der Waals surface area (Å²) in [5, 5.41) is 13.8. The van der Waals surface area contributed by atoms with Crippen LogP contribution in [-0.4, -0.2) is 50.3 Å². The molecule has 0 aliphatic carbocycles. The smallest absolute Gasteiger partial charge is 0.410 e. The molecule has 1 aliphatic rings. The monoisotopic (exact) mass is 453 g/mol. The number of alkyl halides is 3. The van der Waals surface area contributed by atoms with Gasteiger partial charge < -0.3 is 14.7 Å². The summed E-state index contributed by atoms with van der Waals surface area (Å²) in [4.78, 5) is 25.7. The topological polar surface area (TPSA) is 84.7 Å². The van der Waals surface area contributed by atoms with Crippen LogP contribution in [0.3, 0.4) is 0 Å². The van der Waals surface area contributed by atoms with Gasteiger partial charge in [0.15, 0.2) is 0 Å². The fraction of sp³-hybridized carbons (Fsp3) is 0.500. The van der Waals surface area contributed by atoms with Crippen LogP contribution < -0.4 is 5.56 Å². The Morgan fingerprint density at radius 3 is 2.38 bits per heavy atom. The molecule has 1 N–H and O–H groups in total. The number of carbonyl (C=O) groups is 1. The normalized spacial score (nSPS) is 18.4. The van der Waals surface area contributed by atoms with E-state index in [1.165, 1.54) is 6.07 Å². The molecule has 2 heterocycles. The van der Waals surface area contributed by atoms with Crippen LogP contribution in [0.2, 0.25) is 0 Å². The number of cyclic esters (lactones) is 1. The first-order valence-corrected chi connectivity index (χ1v) is 10.3. The fourth-order valence-electron chi connectivity index (χ4n) is 3.69. The Bertz CT molecular complexity index is 1010. The molecule has 2 unspecified atom stereocenters. The molecule has 32 heavy (non-hydrogen) atoms. The number of halogens is 3. The van der Waals surface area contributed by atoms with E-state index in [1.807, 2.05) is 6.92 Å². The van der Waals surface area contributed by atoms with Crippen molar-refractivity contribution in [1.82, 2.24) is 14.7 Å². The summed E-state index contributed by atoms with van der Waals surface area (Å²) in [5.41, 5.74) is -0.160. The van der Waals surface area contributed by atoms with Crippen molar-refractivity contribution in [2.45, 2.75) is 64.1 Å². The predicted octanol–water partition coefficient (Wildman–Crippen LogP) is 3.91. The van der Waals surface area contributed by atoms with E-state index in [9.17, 15) is 27.9 Å². The number of hydrogen-bond acceptors (Lipinski definition) is 5. The first-order chi connectivity index (χ1) is 14.8. The summed E-state index contributed by atoms with van der Waals surface area (Å²) < 4.78 is 43.8. The minimum absolute atomic E-state index is 0.236. The van der Waals surface area contributed by atoms with Gasteiger partial charge >= 0.3 is 12.3 Å². The van der Waals surface area contributed by atoms with E-state index in [4.69, 9.17) is 4.74 Å². The Labute approximate surface area is 183 Å². The summed E-state index contributed by atoms with van der Waals surface area (Å²) in [6.07, 6.45) is -4.39. The van der Waals surface area contributed by atoms with E-state index in [1.54, 1.807) is 43.0 Å². The number of rotatable bonds is 6. The molecule has 1 saturated heterocycles.